The fourth-order valence-corrected chi connectivity index (χ4v) is 7.85. The average Bonchev–Trinajstić information content (AvgIpc) is 3.78. The maximum Gasteiger partial charge on any atom is 0.264 e. The summed E-state index contributed by atoms with van der Waals surface area (Å²) in [7, 11) is 0. The van der Waals surface area contributed by atoms with Crippen LogP contribution >= 0.6 is 0 Å². The van der Waals surface area contributed by atoms with Gasteiger partial charge in [-0.25, -0.2) is 14.6 Å². The summed E-state index contributed by atoms with van der Waals surface area (Å²) in [6.07, 6.45) is 3.64. The van der Waals surface area contributed by atoms with Crippen LogP contribution in [0.2, 0.25) is 0 Å². The largest absolute Gasteiger partial charge is 0.457 e. The van der Waals surface area contributed by atoms with E-state index in [1.165, 1.54) is 6.33 Å². The van der Waals surface area contributed by atoms with Crippen molar-refractivity contribution in [2.24, 2.45) is 0 Å². The number of amides is 4. The van der Waals surface area contributed by atoms with Gasteiger partial charge in [0.1, 0.15) is 35.4 Å². The summed E-state index contributed by atoms with van der Waals surface area (Å²) in [5.41, 5.74) is 9.69. The van der Waals surface area contributed by atoms with Gasteiger partial charge in [0.15, 0.2) is 5.65 Å². The van der Waals surface area contributed by atoms with Crippen LogP contribution < -0.4 is 21.1 Å². The minimum atomic E-state index is -1.01. The number of ether oxygens (including phenoxy) is 4. The number of fused-ring (bicyclic) bond motifs is 2. The number of carbonyl (C=O) groups excluding carboxylic acids is 4. The van der Waals surface area contributed by atoms with Gasteiger partial charge in [-0.3, -0.25) is 34.3 Å². The Bertz CT molecular complexity index is 2340. The lowest BCUT2D eigenvalue weighted by atomic mass is 10.0. The fourth-order valence-electron chi connectivity index (χ4n) is 7.85. The number of imide groups is 2. The Morgan fingerprint density at radius 3 is 2.33 bits per heavy atom. The summed E-state index contributed by atoms with van der Waals surface area (Å²) in [5, 5.41) is 11.2. The number of hydrogen-bond acceptors (Lipinski definition) is 14. The van der Waals surface area contributed by atoms with Gasteiger partial charge < -0.3 is 30.0 Å². The maximum absolute atomic E-state index is 13.3. The first kappa shape index (κ1) is 40.5. The zero-order chi connectivity index (χ0) is 41.4. The van der Waals surface area contributed by atoms with Crippen molar-refractivity contribution < 1.29 is 38.1 Å². The maximum atomic E-state index is 13.3. The Morgan fingerprint density at radius 2 is 1.55 bits per heavy atom. The van der Waals surface area contributed by atoms with E-state index < -0.39 is 29.7 Å². The molecule has 2 atom stereocenters. The normalized spacial score (nSPS) is 18.2. The molecule has 3 aliphatic heterocycles. The van der Waals surface area contributed by atoms with E-state index >= 15 is 0 Å². The van der Waals surface area contributed by atoms with Gasteiger partial charge in [-0.2, -0.15) is 5.10 Å². The fraction of sp³-hybridized carbons (Fsp3) is 0.372. The lowest BCUT2D eigenvalue weighted by Gasteiger charge is -2.32. The number of benzene rings is 3. The molecule has 5 heterocycles. The van der Waals surface area contributed by atoms with Crippen LogP contribution in [-0.2, 0) is 23.8 Å². The lowest BCUT2D eigenvalue weighted by molar-refractivity contribution is -0.136. The van der Waals surface area contributed by atoms with Gasteiger partial charge >= 0.3 is 0 Å². The van der Waals surface area contributed by atoms with Crippen molar-refractivity contribution in [3.63, 3.8) is 0 Å². The highest BCUT2D eigenvalue weighted by molar-refractivity contribution is 6.25. The van der Waals surface area contributed by atoms with Crippen molar-refractivity contribution in [3.8, 4) is 22.8 Å². The zero-order valence-corrected chi connectivity index (χ0v) is 33.1. The molecule has 17 nitrogen and oxygen atoms in total. The number of para-hydroxylation sites is 1. The van der Waals surface area contributed by atoms with Crippen LogP contribution in [0.3, 0.4) is 0 Å². The Kier molecular flexibility index (Phi) is 12.7. The quantitative estimate of drug-likeness (QED) is 0.0843. The van der Waals surface area contributed by atoms with E-state index in [1.807, 2.05) is 59.3 Å². The summed E-state index contributed by atoms with van der Waals surface area (Å²) in [6, 6.07) is 21.5. The van der Waals surface area contributed by atoms with Gasteiger partial charge in [-0.15, -0.1) is 0 Å². The molecule has 3 aliphatic rings. The second-order valence-electron chi connectivity index (χ2n) is 14.7. The van der Waals surface area contributed by atoms with Crippen LogP contribution in [-0.4, -0.2) is 125 Å². The Labute approximate surface area is 346 Å². The van der Waals surface area contributed by atoms with Crippen LogP contribution in [0.4, 0.5) is 11.5 Å². The van der Waals surface area contributed by atoms with Gasteiger partial charge in [-0.1, -0.05) is 24.3 Å². The molecule has 0 bridgehead atoms. The summed E-state index contributed by atoms with van der Waals surface area (Å²) in [6.45, 7) is 5.50. The van der Waals surface area contributed by atoms with Gasteiger partial charge in [0.2, 0.25) is 11.8 Å². The third kappa shape index (κ3) is 8.98. The number of aromatic nitrogens is 4. The first-order chi connectivity index (χ1) is 29.4. The highest BCUT2D eigenvalue weighted by atomic mass is 16.5. The number of nitrogens with zero attached hydrogens (tertiary/aromatic N) is 6. The zero-order valence-electron chi connectivity index (χ0n) is 33.1. The highest BCUT2D eigenvalue weighted by Crippen LogP contribution is 2.35. The van der Waals surface area contributed by atoms with Crippen LogP contribution in [0, 0.1) is 0 Å². The first-order valence-electron chi connectivity index (χ1n) is 20.2. The number of likely N-dealkylation sites (tertiary alicyclic amines) is 1. The SMILES string of the molecule is Nc1ncnc2c1c(-c1ccc(Oc3ccccc3)cc1)nn2C1CCCN(CCOCCOCCOCCNc2cccc3c2C(=O)N(C2CCC(=O)NC2=O)C3=O)C1. The molecule has 2 saturated heterocycles. The molecular formula is C43H47N9O8. The van der Waals surface area contributed by atoms with Crippen molar-refractivity contribution >= 4 is 46.2 Å². The highest BCUT2D eigenvalue weighted by Gasteiger charge is 2.45. The van der Waals surface area contributed by atoms with E-state index in [0.717, 1.165) is 71.2 Å². The molecule has 0 radical (unpaired) electrons. The minimum absolute atomic E-state index is 0.0643. The van der Waals surface area contributed by atoms with E-state index in [-0.39, 0.29) is 30.0 Å². The molecule has 0 saturated carbocycles. The number of anilines is 2. The molecule has 17 heteroatoms. The monoisotopic (exact) mass is 817 g/mol. The molecule has 3 aromatic carbocycles. The number of nitrogen functional groups attached to an aromatic ring is 1. The number of hydrogen-bond donors (Lipinski definition) is 3. The van der Waals surface area contributed by atoms with E-state index in [2.05, 4.69) is 25.5 Å². The summed E-state index contributed by atoms with van der Waals surface area (Å²) in [5.74, 6) is -0.277. The molecule has 5 aromatic rings. The van der Waals surface area contributed by atoms with Crippen molar-refractivity contribution in [3.05, 3.63) is 90.3 Å². The number of rotatable bonds is 18. The van der Waals surface area contributed by atoms with Crippen LogP contribution in [0.1, 0.15) is 52.4 Å². The number of nitrogens with two attached hydrogens (primary N) is 1. The summed E-state index contributed by atoms with van der Waals surface area (Å²) < 4.78 is 25.3. The number of nitrogens with one attached hydrogen (secondary N) is 2. The topological polar surface area (TPSA) is 205 Å². The van der Waals surface area contributed by atoms with E-state index in [0.29, 0.717) is 57.7 Å². The van der Waals surface area contributed by atoms with Crippen molar-refractivity contribution in [2.45, 2.75) is 37.8 Å². The molecule has 4 N–H and O–H groups in total. The Balaban J connectivity index is 0.732. The second kappa shape index (κ2) is 18.8. The minimum Gasteiger partial charge on any atom is -0.457 e. The van der Waals surface area contributed by atoms with Gasteiger partial charge in [0.25, 0.3) is 11.8 Å². The molecule has 0 spiro atoms. The molecule has 2 aromatic heterocycles. The number of carbonyl (C=O) groups is 4. The molecule has 2 unspecified atom stereocenters. The van der Waals surface area contributed by atoms with Crippen molar-refractivity contribution in [1.82, 2.24) is 34.9 Å². The van der Waals surface area contributed by atoms with Crippen LogP contribution in [0.15, 0.2) is 79.1 Å². The standard InChI is InChI=1S/C43H47N9O8/c44-39-37-38(28-11-13-31(14-12-28)60-30-7-2-1-3-8-30)49-52(40(37)47-27-46-39)29-6-5-18-50(26-29)19-21-58-23-25-59-24-22-57-20-17-45-33-10-4-9-32-36(33)43(56)51(42(32)55)34-15-16-35(53)48-41(34)54/h1-4,7-14,27,29,34,45H,5-6,15-26H2,(H2,44,46,47)(H,48,53,54). The van der Waals surface area contributed by atoms with Crippen molar-refractivity contribution in [2.75, 3.05) is 76.9 Å². The Morgan fingerprint density at radius 1 is 0.800 bits per heavy atom. The van der Waals surface area contributed by atoms with E-state index in [9.17, 15) is 19.2 Å². The van der Waals surface area contributed by atoms with Gasteiger partial charge in [-0.05, 0) is 74.3 Å². The summed E-state index contributed by atoms with van der Waals surface area (Å²) in [4.78, 5) is 62.5. The predicted molar refractivity (Wildman–Crippen MR) is 220 cm³/mol. The van der Waals surface area contributed by atoms with Gasteiger partial charge in [0.05, 0.1) is 62.2 Å². The third-order valence-electron chi connectivity index (χ3n) is 10.8. The van der Waals surface area contributed by atoms with Crippen molar-refractivity contribution in [1.29, 1.82) is 0 Å². The van der Waals surface area contributed by atoms with Crippen LogP contribution in [0.25, 0.3) is 22.3 Å². The molecular weight excluding hydrogens is 771 g/mol. The molecule has 8 rings (SSSR count). The van der Waals surface area contributed by atoms with Crippen LogP contribution in [0.5, 0.6) is 11.5 Å². The lowest BCUT2D eigenvalue weighted by Crippen LogP contribution is -2.54. The second-order valence-corrected chi connectivity index (χ2v) is 14.7. The predicted octanol–water partition coefficient (Wildman–Crippen LogP) is 4.07. The molecule has 4 amide bonds. The molecule has 2 fully saturated rings. The molecule has 0 aliphatic carbocycles. The van der Waals surface area contributed by atoms with E-state index in [4.69, 9.17) is 29.8 Å². The molecule has 312 valence electrons. The number of piperidine rings is 2. The summed E-state index contributed by atoms with van der Waals surface area (Å²) >= 11 is 0. The first-order valence-corrected chi connectivity index (χ1v) is 20.2. The van der Waals surface area contributed by atoms with Gasteiger partial charge in [0, 0.05) is 37.3 Å². The van der Waals surface area contributed by atoms with E-state index in [1.54, 1.807) is 18.2 Å². The average molecular weight is 818 g/mol. The third-order valence-corrected chi connectivity index (χ3v) is 10.8. The molecule has 60 heavy (non-hydrogen) atoms. The Hall–Kier alpha value is -6.27. The smallest absolute Gasteiger partial charge is 0.264 e.